The van der Waals surface area contributed by atoms with Crippen molar-refractivity contribution in [3.8, 4) is 0 Å². The first-order chi connectivity index (χ1) is 32.6. The summed E-state index contributed by atoms with van der Waals surface area (Å²) in [5.74, 6) is -0.571. The van der Waals surface area contributed by atoms with Crippen LogP contribution in [0.3, 0.4) is 0 Å². The molecule has 0 aliphatic carbocycles. The summed E-state index contributed by atoms with van der Waals surface area (Å²) in [6.45, 7) is 4.07. The minimum absolute atomic E-state index is 0.0594. The van der Waals surface area contributed by atoms with Crippen molar-refractivity contribution in [2.45, 2.75) is 315 Å². The molecule has 0 rings (SSSR count). The summed E-state index contributed by atoms with van der Waals surface area (Å²) in [4.78, 5) is 24.5. The number of hydrogen-bond acceptors (Lipinski definition) is 5. The quantitative estimate of drug-likeness (QED) is 0.0374. The van der Waals surface area contributed by atoms with Gasteiger partial charge in [-0.15, -0.1) is 0 Å². The summed E-state index contributed by atoms with van der Waals surface area (Å²) < 4.78 is 10.7. The van der Waals surface area contributed by atoms with E-state index in [1.165, 1.54) is 225 Å². The normalized spacial score (nSPS) is 12.5. The number of unbranched alkanes of at least 4 members (excludes halogenated alkanes) is 38. The van der Waals surface area contributed by atoms with Crippen molar-refractivity contribution in [2.75, 3.05) is 13.2 Å². The van der Waals surface area contributed by atoms with E-state index in [4.69, 9.17) is 9.47 Å². The van der Waals surface area contributed by atoms with Crippen LogP contribution >= 0.6 is 0 Å². The Morgan fingerprint density at radius 1 is 0.364 bits per heavy atom. The minimum Gasteiger partial charge on any atom is -0.462 e. The van der Waals surface area contributed by atoms with Gasteiger partial charge >= 0.3 is 11.9 Å². The first-order valence-corrected chi connectivity index (χ1v) is 29.2. The van der Waals surface area contributed by atoms with Crippen LogP contribution in [0.1, 0.15) is 309 Å². The molecule has 1 atom stereocenters. The van der Waals surface area contributed by atoms with Crippen LogP contribution in [-0.2, 0) is 19.1 Å². The fraction of sp³-hybridized carbons (Fsp3) is 0.836. The van der Waals surface area contributed by atoms with Gasteiger partial charge in [0.25, 0.3) is 0 Å². The maximum atomic E-state index is 12.3. The predicted molar refractivity (Wildman–Crippen MR) is 288 cm³/mol. The van der Waals surface area contributed by atoms with Crippen molar-refractivity contribution in [3.05, 3.63) is 48.6 Å². The van der Waals surface area contributed by atoms with Crippen molar-refractivity contribution >= 4 is 11.9 Å². The molecule has 0 amide bonds. The van der Waals surface area contributed by atoms with E-state index in [0.29, 0.717) is 12.8 Å². The molecule has 1 N–H and O–H groups in total. The van der Waals surface area contributed by atoms with E-state index >= 15 is 0 Å². The van der Waals surface area contributed by atoms with Gasteiger partial charge < -0.3 is 14.6 Å². The van der Waals surface area contributed by atoms with Crippen LogP contribution in [-0.4, -0.2) is 36.4 Å². The van der Waals surface area contributed by atoms with Gasteiger partial charge in [0, 0.05) is 12.8 Å². The molecule has 0 aliphatic heterocycles. The molecule has 386 valence electrons. The molecule has 0 saturated heterocycles. The monoisotopic (exact) mass is 925 g/mol. The molecule has 0 aliphatic rings. The lowest BCUT2D eigenvalue weighted by Crippen LogP contribution is -2.28. The van der Waals surface area contributed by atoms with Crippen LogP contribution < -0.4 is 0 Å². The fourth-order valence-corrected chi connectivity index (χ4v) is 8.79. The lowest BCUT2D eigenvalue weighted by atomic mass is 10.0. The highest BCUT2D eigenvalue weighted by Gasteiger charge is 2.16. The van der Waals surface area contributed by atoms with Crippen molar-refractivity contribution in [3.63, 3.8) is 0 Å². The van der Waals surface area contributed by atoms with Crippen LogP contribution in [0.2, 0.25) is 0 Å². The summed E-state index contributed by atoms with van der Waals surface area (Å²) in [6, 6.07) is 0. The van der Waals surface area contributed by atoms with E-state index in [-0.39, 0.29) is 25.2 Å². The van der Waals surface area contributed by atoms with E-state index in [2.05, 4.69) is 62.5 Å². The van der Waals surface area contributed by atoms with Crippen molar-refractivity contribution in [2.24, 2.45) is 0 Å². The van der Waals surface area contributed by atoms with Crippen LogP contribution in [0, 0.1) is 0 Å². The number of carbonyl (C=O) groups is 2. The number of esters is 2. The number of allylic oxidation sites excluding steroid dienone is 8. The molecule has 0 aromatic carbocycles. The number of ether oxygens (including phenoxy) is 2. The second kappa shape index (κ2) is 57.2. The second-order valence-electron chi connectivity index (χ2n) is 19.7. The van der Waals surface area contributed by atoms with Crippen molar-refractivity contribution in [1.29, 1.82) is 0 Å². The predicted octanol–water partition coefficient (Wildman–Crippen LogP) is 19.6. The second-order valence-corrected chi connectivity index (χ2v) is 19.7. The molecule has 0 spiro atoms. The molecule has 0 bridgehead atoms. The molecule has 0 saturated carbocycles. The first-order valence-electron chi connectivity index (χ1n) is 29.2. The van der Waals surface area contributed by atoms with Crippen molar-refractivity contribution in [1.82, 2.24) is 0 Å². The van der Waals surface area contributed by atoms with Gasteiger partial charge in [0.05, 0.1) is 6.61 Å². The Bertz CT molecular complexity index is 1090. The maximum Gasteiger partial charge on any atom is 0.306 e. The lowest BCUT2D eigenvalue weighted by Gasteiger charge is -2.15. The number of aliphatic hydroxyl groups is 1. The molecule has 0 radical (unpaired) electrons. The number of aliphatic hydroxyl groups excluding tert-OH is 1. The zero-order chi connectivity index (χ0) is 47.7. The number of hydrogen-bond donors (Lipinski definition) is 1. The molecule has 0 fully saturated rings. The number of carbonyl (C=O) groups excluding carboxylic acids is 2. The Labute approximate surface area is 411 Å². The highest BCUT2D eigenvalue weighted by atomic mass is 16.6. The van der Waals surface area contributed by atoms with Crippen molar-refractivity contribution < 1.29 is 24.2 Å². The van der Waals surface area contributed by atoms with Gasteiger partial charge in [0.2, 0.25) is 0 Å². The maximum absolute atomic E-state index is 12.3. The zero-order valence-electron chi connectivity index (χ0n) is 44.2. The Balaban J connectivity index is 3.40. The van der Waals surface area contributed by atoms with Crippen LogP contribution in [0.5, 0.6) is 0 Å². The molecule has 1 unspecified atom stereocenters. The SMILES string of the molecule is CC/C=C\C/C=C\C/C=C\C/C=C\CCCCCCCCCCCCCCCCCCCCCCCCC(=O)OC(CO)COC(=O)CCCCCCCCCCCCCCCCCCC. The van der Waals surface area contributed by atoms with Gasteiger partial charge in [0.1, 0.15) is 6.61 Å². The molecule has 0 aromatic heterocycles. The Morgan fingerprint density at radius 3 is 0.985 bits per heavy atom. The zero-order valence-corrected chi connectivity index (χ0v) is 44.2. The molecule has 5 heteroatoms. The minimum atomic E-state index is -0.768. The van der Waals surface area contributed by atoms with Gasteiger partial charge in [-0.05, 0) is 51.4 Å². The van der Waals surface area contributed by atoms with E-state index in [1.807, 2.05) is 0 Å². The van der Waals surface area contributed by atoms with E-state index in [1.54, 1.807) is 0 Å². The number of rotatable bonds is 54. The van der Waals surface area contributed by atoms with Gasteiger partial charge in [-0.3, -0.25) is 9.59 Å². The highest BCUT2D eigenvalue weighted by Crippen LogP contribution is 2.18. The Morgan fingerprint density at radius 2 is 0.652 bits per heavy atom. The third-order valence-electron chi connectivity index (χ3n) is 13.1. The smallest absolute Gasteiger partial charge is 0.306 e. The summed E-state index contributed by atoms with van der Waals surface area (Å²) in [6.07, 6.45) is 75.3. The van der Waals surface area contributed by atoms with E-state index < -0.39 is 6.10 Å². The van der Waals surface area contributed by atoms with Crippen LogP contribution in [0.4, 0.5) is 0 Å². The molecule has 5 nitrogen and oxygen atoms in total. The molecular formula is C61H112O5. The fourth-order valence-electron chi connectivity index (χ4n) is 8.79. The standard InChI is InChI=1S/C61H112O5/c1-3-5-7-9-11-13-15-17-19-21-22-23-24-25-26-27-28-29-30-31-32-33-34-35-36-37-38-40-42-44-46-48-50-52-54-56-61(64)66-59(57-62)58-65-60(63)55-53-51-49-47-45-43-41-39-20-18-16-14-12-10-8-6-4-2/h5,7,11,13,17,19,22-23,59,62H,3-4,6,8-10,12,14-16,18,20-21,24-58H2,1-2H3/b7-5-,13-11-,19-17-,23-22-. The van der Waals surface area contributed by atoms with E-state index in [9.17, 15) is 14.7 Å². The third-order valence-corrected chi connectivity index (χ3v) is 13.1. The van der Waals surface area contributed by atoms with Crippen LogP contribution in [0.15, 0.2) is 48.6 Å². The topological polar surface area (TPSA) is 72.8 Å². The summed E-state index contributed by atoms with van der Waals surface area (Å²) in [7, 11) is 0. The molecular weight excluding hydrogens is 813 g/mol. The molecule has 0 heterocycles. The Kier molecular flexibility index (Phi) is 55.3. The van der Waals surface area contributed by atoms with E-state index in [0.717, 1.165) is 57.8 Å². The van der Waals surface area contributed by atoms with Gasteiger partial charge in [-0.1, -0.05) is 294 Å². The summed E-state index contributed by atoms with van der Waals surface area (Å²) >= 11 is 0. The van der Waals surface area contributed by atoms with Gasteiger partial charge in [-0.2, -0.15) is 0 Å². The average Bonchev–Trinajstić information content (AvgIpc) is 3.32. The molecule has 66 heavy (non-hydrogen) atoms. The first kappa shape index (κ1) is 63.9. The lowest BCUT2D eigenvalue weighted by molar-refractivity contribution is -0.161. The highest BCUT2D eigenvalue weighted by molar-refractivity contribution is 5.70. The Hall–Kier alpha value is -2.14. The van der Waals surface area contributed by atoms with Gasteiger partial charge in [-0.25, -0.2) is 0 Å². The summed E-state index contributed by atoms with van der Waals surface area (Å²) in [5.41, 5.74) is 0. The largest absolute Gasteiger partial charge is 0.462 e. The van der Waals surface area contributed by atoms with Gasteiger partial charge in [0.15, 0.2) is 6.10 Å². The molecule has 0 aromatic rings. The summed E-state index contributed by atoms with van der Waals surface area (Å²) in [5, 5.41) is 9.65. The van der Waals surface area contributed by atoms with Crippen LogP contribution in [0.25, 0.3) is 0 Å². The average molecular weight is 926 g/mol. The third kappa shape index (κ3) is 54.5.